The van der Waals surface area contributed by atoms with Crippen LogP contribution < -0.4 is 10.6 Å². The Balaban J connectivity index is 1.31. The van der Waals surface area contributed by atoms with Crippen molar-refractivity contribution in [2.45, 2.75) is 12.6 Å². The Labute approximate surface area is 200 Å². The molecule has 1 atom stereocenters. The van der Waals surface area contributed by atoms with Crippen molar-refractivity contribution < 1.29 is 9.21 Å². The number of nitrogens with zero attached hydrogens (tertiary/aromatic N) is 4. The molecular weight excluding hydrogens is 440 g/mol. The first-order valence-electron chi connectivity index (χ1n) is 11.1. The number of nitriles is 1. The van der Waals surface area contributed by atoms with Gasteiger partial charge in [0.1, 0.15) is 0 Å². The molecule has 4 aromatic rings. The smallest absolute Gasteiger partial charge is 0.317 e. The van der Waals surface area contributed by atoms with Crippen LogP contribution >= 0.6 is 0 Å². The average molecular weight is 458 g/mol. The minimum Gasteiger partial charge on any atom is -0.403 e. The van der Waals surface area contributed by atoms with Gasteiger partial charge in [-0.15, -0.1) is 5.10 Å². The molecule has 8 heteroatoms. The molecule has 0 spiro atoms. The monoisotopic (exact) mass is 458 g/mol. The lowest BCUT2D eigenvalue weighted by Crippen LogP contribution is -2.32. The zero-order valence-corrected chi connectivity index (χ0v) is 18.4. The summed E-state index contributed by atoms with van der Waals surface area (Å²) in [5, 5.41) is 23.4. The topological polar surface area (TPSA) is 116 Å². The minimum absolute atomic E-state index is 0.0820. The lowest BCUT2D eigenvalue weighted by molar-refractivity contribution is -0.116. The number of anilines is 2. The van der Waals surface area contributed by atoms with Crippen molar-refractivity contribution in [2.24, 2.45) is 4.99 Å². The highest BCUT2D eigenvalue weighted by Gasteiger charge is 2.27. The third-order valence-corrected chi connectivity index (χ3v) is 5.97. The minimum atomic E-state index is -0.978. The molecule has 3 aromatic carbocycles. The molecule has 1 aliphatic heterocycles. The number of fused-ring (bicyclic) bond motifs is 2. The molecule has 2 N–H and O–H groups in total. The summed E-state index contributed by atoms with van der Waals surface area (Å²) in [6.07, 6.45) is 1.61. The number of para-hydroxylation sites is 1. The summed E-state index contributed by atoms with van der Waals surface area (Å²) in [6.45, 7) is 0. The van der Waals surface area contributed by atoms with Crippen LogP contribution in [0.5, 0.6) is 0 Å². The fourth-order valence-electron chi connectivity index (χ4n) is 4.28. The number of aliphatic imine (C=N–C) groups is 1. The molecule has 1 amide bonds. The number of hydrogen-bond acceptors (Lipinski definition) is 7. The first kappa shape index (κ1) is 20.6. The van der Waals surface area contributed by atoms with Crippen LogP contribution in [0.4, 0.5) is 11.7 Å². The number of benzene rings is 3. The largest absolute Gasteiger partial charge is 0.403 e. The van der Waals surface area contributed by atoms with Gasteiger partial charge < -0.3 is 15.1 Å². The highest BCUT2D eigenvalue weighted by molar-refractivity contribution is 6.19. The number of hydrogen-bond donors (Lipinski definition) is 2. The van der Waals surface area contributed by atoms with Crippen LogP contribution in [0, 0.1) is 11.3 Å². The van der Waals surface area contributed by atoms with Crippen LogP contribution in [-0.4, -0.2) is 28.0 Å². The molecule has 35 heavy (non-hydrogen) atoms. The number of amides is 1. The maximum Gasteiger partial charge on any atom is 0.317 e. The second-order valence-electron chi connectivity index (χ2n) is 8.14. The van der Waals surface area contributed by atoms with Crippen LogP contribution in [-0.2, 0) is 11.2 Å². The molecule has 168 valence electrons. The Hall–Kier alpha value is -5.03. The molecule has 0 fully saturated rings. The summed E-state index contributed by atoms with van der Waals surface area (Å²) < 4.78 is 5.83. The molecule has 0 unspecified atom stereocenters. The van der Waals surface area contributed by atoms with Gasteiger partial charge in [0.05, 0.1) is 23.0 Å². The molecule has 6 rings (SSSR count). The van der Waals surface area contributed by atoms with E-state index in [2.05, 4.69) is 26.9 Å². The predicted molar refractivity (Wildman–Crippen MR) is 132 cm³/mol. The van der Waals surface area contributed by atoms with Crippen LogP contribution in [0.2, 0.25) is 0 Å². The van der Waals surface area contributed by atoms with Gasteiger partial charge in [-0.3, -0.25) is 4.79 Å². The van der Waals surface area contributed by atoms with Crippen LogP contribution in [0.25, 0.3) is 17.0 Å². The third kappa shape index (κ3) is 3.75. The Bertz CT molecular complexity index is 1560. The van der Waals surface area contributed by atoms with E-state index < -0.39 is 6.17 Å². The molecule has 0 saturated carbocycles. The SMILES string of the molecule is N#CC1=CCc2cc(-c3nnc(N[C@H]4N=C(c5ccccc5)c5ccccc5NC4=O)o3)ccc21. The van der Waals surface area contributed by atoms with Gasteiger partial charge in [-0.05, 0) is 35.7 Å². The van der Waals surface area contributed by atoms with Crippen molar-refractivity contribution in [1.29, 1.82) is 5.26 Å². The van der Waals surface area contributed by atoms with Crippen molar-refractivity contribution in [2.75, 3.05) is 10.6 Å². The second kappa shape index (κ2) is 8.39. The molecule has 1 aliphatic carbocycles. The van der Waals surface area contributed by atoms with E-state index >= 15 is 0 Å². The van der Waals surface area contributed by atoms with Crippen LogP contribution in [0.15, 0.2) is 88.3 Å². The van der Waals surface area contributed by atoms with Gasteiger partial charge in [0, 0.05) is 16.7 Å². The van der Waals surface area contributed by atoms with Crippen molar-refractivity contribution in [1.82, 2.24) is 10.2 Å². The quantitative estimate of drug-likeness (QED) is 0.467. The number of nitrogens with one attached hydrogen (secondary N) is 2. The molecular formula is C27H18N6O2. The zero-order chi connectivity index (χ0) is 23.8. The fraction of sp³-hybridized carbons (Fsp3) is 0.0741. The second-order valence-corrected chi connectivity index (χ2v) is 8.14. The van der Waals surface area contributed by atoms with Gasteiger partial charge in [0.15, 0.2) is 0 Å². The van der Waals surface area contributed by atoms with Crippen LogP contribution in [0.3, 0.4) is 0 Å². The van der Waals surface area contributed by atoms with Gasteiger partial charge in [0.2, 0.25) is 12.1 Å². The average Bonchev–Trinajstić information content (AvgIpc) is 3.50. The summed E-state index contributed by atoms with van der Waals surface area (Å²) in [5.74, 6) is -0.0268. The number of carbonyl (C=O) groups excluding carboxylic acids is 1. The Morgan fingerprint density at radius 3 is 2.66 bits per heavy atom. The van der Waals surface area contributed by atoms with Crippen molar-refractivity contribution in [3.05, 3.63) is 101 Å². The normalized spacial score (nSPS) is 16.2. The van der Waals surface area contributed by atoms with Gasteiger partial charge in [-0.25, -0.2) is 4.99 Å². The summed E-state index contributed by atoms with van der Waals surface area (Å²) >= 11 is 0. The first-order valence-corrected chi connectivity index (χ1v) is 11.1. The summed E-state index contributed by atoms with van der Waals surface area (Å²) in [5.41, 5.74) is 6.44. The Kier molecular flexibility index (Phi) is 4.93. The van der Waals surface area contributed by atoms with E-state index in [-0.39, 0.29) is 11.9 Å². The van der Waals surface area contributed by atoms with Crippen molar-refractivity contribution in [3.8, 4) is 17.5 Å². The van der Waals surface area contributed by atoms with Gasteiger partial charge in [-0.1, -0.05) is 65.8 Å². The van der Waals surface area contributed by atoms with E-state index in [4.69, 9.17) is 9.41 Å². The lowest BCUT2D eigenvalue weighted by atomic mass is 10.0. The number of carbonyl (C=O) groups is 1. The third-order valence-electron chi connectivity index (χ3n) is 5.97. The highest BCUT2D eigenvalue weighted by Crippen LogP contribution is 2.31. The fourth-order valence-corrected chi connectivity index (χ4v) is 4.28. The van der Waals surface area contributed by atoms with E-state index in [1.807, 2.05) is 78.9 Å². The molecule has 1 aromatic heterocycles. The summed E-state index contributed by atoms with van der Waals surface area (Å²) in [6, 6.07) is 25.2. The van der Waals surface area contributed by atoms with Crippen LogP contribution in [0.1, 0.15) is 22.3 Å². The van der Waals surface area contributed by atoms with Crippen molar-refractivity contribution in [3.63, 3.8) is 0 Å². The molecule has 2 aliphatic rings. The van der Waals surface area contributed by atoms with E-state index in [9.17, 15) is 10.1 Å². The number of benzodiazepines with no additional fused rings is 1. The standard InChI is InChI=1S/C27H18N6O2/c28-15-19-11-10-17-14-18(12-13-20(17)19)26-32-33-27(35-26)31-24-25(34)29-22-9-5-4-8-21(22)23(30-24)16-6-2-1-3-7-16/h1-9,11-14,24H,10H2,(H,29,34)(H,31,33)/t24-/m1/s1. The van der Waals surface area contributed by atoms with Gasteiger partial charge in [-0.2, -0.15) is 5.26 Å². The van der Waals surface area contributed by atoms with E-state index in [1.54, 1.807) is 0 Å². The number of rotatable bonds is 4. The summed E-state index contributed by atoms with van der Waals surface area (Å²) in [4.78, 5) is 17.8. The highest BCUT2D eigenvalue weighted by atomic mass is 16.4. The Morgan fingerprint density at radius 1 is 0.971 bits per heavy atom. The van der Waals surface area contributed by atoms with Gasteiger partial charge >= 0.3 is 6.01 Å². The zero-order valence-electron chi connectivity index (χ0n) is 18.4. The molecule has 2 heterocycles. The summed E-state index contributed by atoms with van der Waals surface area (Å²) in [7, 11) is 0. The van der Waals surface area contributed by atoms with E-state index in [0.717, 1.165) is 27.8 Å². The van der Waals surface area contributed by atoms with Gasteiger partial charge in [0.25, 0.3) is 5.91 Å². The molecule has 0 saturated heterocycles. The van der Waals surface area contributed by atoms with Crippen molar-refractivity contribution >= 4 is 28.9 Å². The molecule has 8 nitrogen and oxygen atoms in total. The van der Waals surface area contributed by atoms with E-state index in [1.165, 1.54) is 0 Å². The first-order chi connectivity index (χ1) is 17.2. The maximum absolute atomic E-state index is 13.0. The predicted octanol–water partition coefficient (Wildman–Crippen LogP) is 4.43. The lowest BCUT2D eigenvalue weighted by Gasteiger charge is -2.11. The Morgan fingerprint density at radius 2 is 1.80 bits per heavy atom. The van der Waals surface area contributed by atoms with E-state index in [0.29, 0.717) is 29.3 Å². The molecule has 0 radical (unpaired) electrons. The maximum atomic E-state index is 13.0. The molecule has 0 bridgehead atoms. The number of allylic oxidation sites excluding steroid dienone is 2. The number of aromatic nitrogens is 2.